The molecule has 1 amide bonds. The van der Waals surface area contributed by atoms with E-state index in [-0.39, 0.29) is 36.5 Å². The van der Waals surface area contributed by atoms with Crippen LogP contribution >= 0.6 is 0 Å². The molecule has 0 bridgehead atoms. The van der Waals surface area contributed by atoms with Gasteiger partial charge in [-0.15, -0.1) is 0 Å². The van der Waals surface area contributed by atoms with Crippen molar-refractivity contribution in [2.45, 2.75) is 39.0 Å². The Hall–Kier alpha value is -4.54. The van der Waals surface area contributed by atoms with Crippen molar-refractivity contribution in [3.63, 3.8) is 0 Å². The smallest absolute Gasteiger partial charge is 0.308 e. The second-order valence-corrected chi connectivity index (χ2v) is 8.03. The molecule has 1 unspecified atom stereocenters. The van der Waals surface area contributed by atoms with E-state index in [4.69, 9.17) is 9.47 Å². The minimum atomic E-state index is -1.06. The third-order valence-corrected chi connectivity index (χ3v) is 4.97. The van der Waals surface area contributed by atoms with Gasteiger partial charge in [-0.25, -0.2) is 4.68 Å². The van der Waals surface area contributed by atoms with Gasteiger partial charge in [0.15, 0.2) is 0 Å². The lowest BCUT2D eigenvalue weighted by Gasteiger charge is -2.19. The number of nitrogens with one attached hydrogen (secondary N) is 1. The number of amides is 1. The van der Waals surface area contributed by atoms with E-state index in [0.29, 0.717) is 5.75 Å². The van der Waals surface area contributed by atoms with Crippen molar-refractivity contribution in [3.05, 3.63) is 98.5 Å². The highest BCUT2D eigenvalue weighted by Gasteiger charge is 2.27. The third kappa shape index (κ3) is 7.23. The molecule has 0 aliphatic carbocycles. The van der Waals surface area contributed by atoms with Crippen LogP contribution in [0.1, 0.15) is 42.4 Å². The minimum absolute atomic E-state index is 0.0865. The van der Waals surface area contributed by atoms with Crippen molar-refractivity contribution in [2.24, 2.45) is 0 Å². The number of ether oxygens (including phenoxy) is 2. The van der Waals surface area contributed by atoms with Crippen LogP contribution in [0.25, 0.3) is 0 Å². The van der Waals surface area contributed by atoms with Crippen LogP contribution in [0.2, 0.25) is 0 Å². The molecule has 0 radical (unpaired) electrons. The molecule has 11 nitrogen and oxygen atoms in total. The molecule has 1 N–H and O–H groups in total. The molecule has 36 heavy (non-hydrogen) atoms. The van der Waals surface area contributed by atoms with E-state index in [1.54, 1.807) is 32.0 Å². The predicted octanol–water partition coefficient (Wildman–Crippen LogP) is 3.04. The van der Waals surface area contributed by atoms with Gasteiger partial charge in [0, 0.05) is 12.1 Å². The van der Waals surface area contributed by atoms with Crippen LogP contribution in [-0.2, 0) is 16.1 Å². The Labute approximate surface area is 206 Å². The van der Waals surface area contributed by atoms with E-state index in [2.05, 4.69) is 10.4 Å². The zero-order valence-corrected chi connectivity index (χ0v) is 19.8. The van der Waals surface area contributed by atoms with Crippen LogP contribution in [0.3, 0.4) is 0 Å². The second-order valence-electron chi connectivity index (χ2n) is 8.03. The average Bonchev–Trinajstić information content (AvgIpc) is 2.84. The number of hydrogen-bond acceptors (Lipinski definition) is 8. The molecular formula is C25H26N4O7. The first-order valence-electron chi connectivity index (χ1n) is 11.2. The van der Waals surface area contributed by atoms with Crippen LogP contribution in [-0.4, -0.2) is 39.3 Å². The van der Waals surface area contributed by atoms with Crippen LogP contribution in [0, 0.1) is 10.1 Å². The highest BCUT2D eigenvalue weighted by molar-refractivity contribution is 5.92. The first kappa shape index (κ1) is 26.1. The molecule has 2 aromatic carbocycles. The molecule has 1 atom stereocenters. The van der Waals surface area contributed by atoms with Crippen LogP contribution in [0.4, 0.5) is 5.69 Å². The summed E-state index contributed by atoms with van der Waals surface area (Å²) in [6.45, 7) is 3.57. The zero-order valence-electron chi connectivity index (χ0n) is 19.8. The van der Waals surface area contributed by atoms with Crippen molar-refractivity contribution >= 4 is 17.6 Å². The van der Waals surface area contributed by atoms with Gasteiger partial charge in [-0.1, -0.05) is 36.4 Å². The van der Waals surface area contributed by atoms with Crippen LogP contribution < -0.4 is 15.6 Å². The predicted molar refractivity (Wildman–Crippen MR) is 130 cm³/mol. The molecule has 0 saturated heterocycles. The topological polar surface area (TPSA) is 143 Å². The minimum Gasteiger partial charge on any atom is -0.492 e. The van der Waals surface area contributed by atoms with Gasteiger partial charge in [0.2, 0.25) is 0 Å². The number of aromatic nitrogens is 2. The number of para-hydroxylation sites is 2. The molecule has 1 heterocycles. The number of carbonyl (C=O) groups excluding carboxylic acids is 2. The highest BCUT2D eigenvalue weighted by atomic mass is 16.6. The molecule has 11 heteroatoms. The Balaban J connectivity index is 1.79. The molecule has 188 valence electrons. The third-order valence-electron chi connectivity index (χ3n) is 4.97. The summed E-state index contributed by atoms with van der Waals surface area (Å²) >= 11 is 0. The first-order valence-corrected chi connectivity index (χ1v) is 11.2. The number of nitro groups is 1. The molecule has 0 fully saturated rings. The second kappa shape index (κ2) is 12.2. The van der Waals surface area contributed by atoms with Crippen molar-refractivity contribution in [1.29, 1.82) is 0 Å². The van der Waals surface area contributed by atoms with Crippen molar-refractivity contribution in [2.75, 3.05) is 6.61 Å². The standard InChI is InChI=1S/C25H26N4O7/c1-17(2)36-24(31)16-21(19-10-6-7-11-22(19)29(33)34)26-25(32)20-12-13-23(30)28(27-20)14-15-35-18-8-4-3-5-9-18/h3-13,17,21H,14-16H2,1-2H3,(H,26,32). The number of nitro benzene ring substituents is 1. The molecule has 0 aliphatic heterocycles. The van der Waals surface area contributed by atoms with Gasteiger partial charge in [-0.05, 0) is 32.0 Å². The maximum atomic E-state index is 13.0. The van der Waals surface area contributed by atoms with Crippen molar-refractivity contribution in [3.8, 4) is 5.75 Å². The van der Waals surface area contributed by atoms with Crippen LogP contribution in [0.5, 0.6) is 5.75 Å². The molecule has 0 spiro atoms. The number of rotatable bonds is 11. The molecular weight excluding hydrogens is 468 g/mol. The van der Waals surface area contributed by atoms with E-state index >= 15 is 0 Å². The average molecular weight is 495 g/mol. The number of carbonyl (C=O) groups is 2. The number of hydrogen-bond donors (Lipinski definition) is 1. The lowest BCUT2D eigenvalue weighted by molar-refractivity contribution is -0.385. The summed E-state index contributed by atoms with van der Waals surface area (Å²) < 4.78 is 11.8. The molecule has 0 saturated carbocycles. The Kier molecular flexibility index (Phi) is 8.87. The summed E-state index contributed by atoms with van der Waals surface area (Å²) in [5.41, 5.74) is -0.647. The van der Waals surface area contributed by atoms with Crippen LogP contribution in [0.15, 0.2) is 71.5 Å². The van der Waals surface area contributed by atoms with E-state index in [9.17, 15) is 24.5 Å². The van der Waals surface area contributed by atoms with E-state index in [1.807, 2.05) is 18.2 Å². The Morgan fingerprint density at radius 2 is 1.75 bits per heavy atom. The van der Waals surface area contributed by atoms with Gasteiger partial charge in [0.05, 0.1) is 35.6 Å². The summed E-state index contributed by atoms with van der Waals surface area (Å²) in [5.74, 6) is -0.724. The summed E-state index contributed by atoms with van der Waals surface area (Å²) in [7, 11) is 0. The summed E-state index contributed by atoms with van der Waals surface area (Å²) in [4.78, 5) is 48.6. The number of esters is 1. The summed E-state index contributed by atoms with van der Waals surface area (Å²) in [6.07, 6.45) is -0.734. The lowest BCUT2D eigenvalue weighted by Crippen LogP contribution is -2.34. The van der Waals surface area contributed by atoms with Gasteiger partial charge in [0.25, 0.3) is 17.2 Å². The quantitative estimate of drug-likeness (QED) is 0.243. The fraction of sp³-hybridized carbons (Fsp3) is 0.280. The van der Waals surface area contributed by atoms with E-state index in [1.165, 1.54) is 30.3 Å². The highest BCUT2D eigenvalue weighted by Crippen LogP contribution is 2.27. The zero-order chi connectivity index (χ0) is 26.1. The van der Waals surface area contributed by atoms with Gasteiger partial charge >= 0.3 is 5.97 Å². The fourth-order valence-corrected chi connectivity index (χ4v) is 3.39. The van der Waals surface area contributed by atoms with Crippen molar-refractivity contribution in [1.82, 2.24) is 15.1 Å². The van der Waals surface area contributed by atoms with E-state index < -0.39 is 34.5 Å². The van der Waals surface area contributed by atoms with Gasteiger partial charge in [-0.2, -0.15) is 5.10 Å². The number of nitrogens with zero attached hydrogens (tertiary/aromatic N) is 3. The fourth-order valence-electron chi connectivity index (χ4n) is 3.39. The Morgan fingerprint density at radius 1 is 1.06 bits per heavy atom. The molecule has 1 aromatic heterocycles. The Morgan fingerprint density at radius 3 is 2.44 bits per heavy atom. The maximum absolute atomic E-state index is 13.0. The summed E-state index contributed by atoms with van der Waals surface area (Å²) in [6, 6.07) is 16.2. The first-order chi connectivity index (χ1) is 17.2. The Bertz CT molecular complexity index is 1270. The SMILES string of the molecule is CC(C)OC(=O)CC(NC(=O)c1ccc(=O)n(CCOc2ccccc2)n1)c1ccccc1[N+](=O)[O-]. The maximum Gasteiger partial charge on any atom is 0.308 e. The van der Waals surface area contributed by atoms with Gasteiger partial charge < -0.3 is 14.8 Å². The largest absolute Gasteiger partial charge is 0.492 e. The number of benzene rings is 2. The van der Waals surface area contributed by atoms with E-state index in [0.717, 1.165) is 4.68 Å². The summed E-state index contributed by atoms with van der Waals surface area (Å²) in [5, 5.41) is 18.3. The van der Waals surface area contributed by atoms with Gasteiger partial charge in [-0.3, -0.25) is 24.5 Å². The molecule has 0 aliphatic rings. The van der Waals surface area contributed by atoms with Gasteiger partial charge in [0.1, 0.15) is 18.1 Å². The normalized spacial score (nSPS) is 11.5. The molecule has 3 rings (SSSR count). The monoisotopic (exact) mass is 494 g/mol. The lowest BCUT2D eigenvalue weighted by atomic mass is 10.0. The van der Waals surface area contributed by atoms with Crippen molar-refractivity contribution < 1.29 is 24.0 Å². The molecule has 3 aromatic rings.